The largest absolute Gasteiger partial charge is 0.465 e. The standard InChI is InChI=1S/2C8H13NO.C6H6O2.3CH4/c2*1-3-7(9)8-5-4-6(2)10-8;1-3-4(2)6(8)5(3)7;;;/h2*4-5,7H,3,9H2,1-2H3;1-2H3;3*1H4/t2*7-;;;;/m11..../s1. The van der Waals surface area contributed by atoms with E-state index in [1.165, 1.54) is 0 Å². The molecule has 3 rings (SSSR count). The highest BCUT2D eigenvalue weighted by Gasteiger charge is 2.10. The van der Waals surface area contributed by atoms with Gasteiger partial charge < -0.3 is 20.3 Å². The predicted molar refractivity (Wildman–Crippen MR) is 132 cm³/mol. The molecule has 4 N–H and O–H groups in total. The van der Waals surface area contributed by atoms with Gasteiger partial charge in [0.05, 0.1) is 12.1 Å². The summed E-state index contributed by atoms with van der Waals surface area (Å²) in [6.07, 6.45) is 1.85. The zero-order valence-corrected chi connectivity index (χ0v) is 17.7. The van der Waals surface area contributed by atoms with Crippen LogP contribution < -0.4 is 22.3 Å². The normalized spacial score (nSPS) is 11.4. The predicted octanol–water partition coefficient (Wildman–Crippen LogP) is 5.80. The van der Waals surface area contributed by atoms with Gasteiger partial charge in [-0.05, 0) is 64.8 Å². The molecular formula is C25H44N2O4. The minimum Gasteiger partial charge on any atom is -0.465 e. The van der Waals surface area contributed by atoms with Gasteiger partial charge in [0.25, 0.3) is 0 Å². The van der Waals surface area contributed by atoms with E-state index in [0.717, 1.165) is 35.9 Å². The molecule has 6 heteroatoms. The van der Waals surface area contributed by atoms with Crippen molar-refractivity contribution in [3.63, 3.8) is 0 Å². The molecule has 2 aromatic heterocycles. The Labute approximate surface area is 188 Å². The Bertz CT molecular complexity index is 854. The van der Waals surface area contributed by atoms with Crippen LogP contribution in [0, 0.1) is 27.7 Å². The number of hydrogen-bond donors (Lipinski definition) is 2. The SMILES string of the molecule is C.C.C.CC[C@@H](N)c1ccc(C)o1.CC[C@@H](N)c1ccc(C)o1.Cc1c(C)c(=O)c1=O. The fourth-order valence-corrected chi connectivity index (χ4v) is 2.33. The number of aryl methyl sites for hydroxylation is 2. The molecule has 0 bridgehead atoms. The van der Waals surface area contributed by atoms with Crippen molar-refractivity contribution in [2.75, 3.05) is 0 Å². The van der Waals surface area contributed by atoms with E-state index in [0.29, 0.717) is 11.1 Å². The van der Waals surface area contributed by atoms with Gasteiger partial charge in [-0.25, -0.2) is 0 Å². The maximum atomic E-state index is 10.4. The van der Waals surface area contributed by atoms with Crippen LogP contribution in [0.15, 0.2) is 42.7 Å². The van der Waals surface area contributed by atoms with Gasteiger partial charge in [0, 0.05) is 11.1 Å². The van der Waals surface area contributed by atoms with Gasteiger partial charge in [-0.2, -0.15) is 0 Å². The highest BCUT2D eigenvalue weighted by molar-refractivity contribution is 5.29. The minimum atomic E-state index is -0.317. The highest BCUT2D eigenvalue weighted by Crippen LogP contribution is 2.16. The van der Waals surface area contributed by atoms with E-state index in [1.807, 2.05) is 52.0 Å². The van der Waals surface area contributed by atoms with E-state index in [9.17, 15) is 9.59 Å². The van der Waals surface area contributed by atoms with Crippen molar-refractivity contribution in [3.05, 3.63) is 78.9 Å². The van der Waals surface area contributed by atoms with Crippen molar-refractivity contribution in [2.24, 2.45) is 11.5 Å². The molecule has 0 spiro atoms. The number of nitrogens with two attached hydrogens (primary N) is 2. The molecule has 0 saturated carbocycles. The van der Waals surface area contributed by atoms with Crippen LogP contribution in [0.3, 0.4) is 0 Å². The monoisotopic (exact) mass is 436 g/mol. The second-order valence-electron chi connectivity index (χ2n) is 6.83. The summed E-state index contributed by atoms with van der Waals surface area (Å²) in [4.78, 5) is 20.7. The van der Waals surface area contributed by atoms with E-state index in [1.54, 1.807) is 13.8 Å². The first-order chi connectivity index (χ1) is 13.1. The first-order valence-corrected chi connectivity index (χ1v) is 9.52. The molecule has 0 unspecified atom stereocenters. The first-order valence-electron chi connectivity index (χ1n) is 9.52. The number of rotatable bonds is 4. The lowest BCUT2D eigenvalue weighted by molar-refractivity contribution is 0.441. The Morgan fingerprint density at radius 3 is 1.13 bits per heavy atom. The third kappa shape index (κ3) is 9.49. The molecule has 0 aliphatic rings. The number of hydrogen-bond acceptors (Lipinski definition) is 6. The Morgan fingerprint density at radius 2 is 0.968 bits per heavy atom. The van der Waals surface area contributed by atoms with E-state index in [-0.39, 0.29) is 45.2 Å². The van der Waals surface area contributed by atoms with Gasteiger partial charge in [-0.1, -0.05) is 36.1 Å². The van der Waals surface area contributed by atoms with Crippen LogP contribution in [0.4, 0.5) is 0 Å². The maximum absolute atomic E-state index is 10.4. The third-order valence-corrected chi connectivity index (χ3v) is 4.58. The van der Waals surface area contributed by atoms with Gasteiger partial charge in [0.1, 0.15) is 23.0 Å². The van der Waals surface area contributed by atoms with Crippen LogP contribution in [0.2, 0.25) is 0 Å². The molecule has 0 fully saturated rings. The summed E-state index contributed by atoms with van der Waals surface area (Å²) in [6, 6.07) is 7.87. The van der Waals surface area contributed by atoms with Crippen LogP contribution in [-0.2, 0) is 0 Å². The van der Waals surface area contributed by atoms with Gasteiger partial charge in [0.2, 0.25) is 10.9 Å². The summed E-state index contributed by atoms with van der Waals surface area (Å²) in [5, 5.41) is 0. The molecular weight excluding hydrogens is 392 g/mol. The van der Waals surface area contributed by atoms with Crippen molar-refractivity contribution < 1.29 is 8.83 Å². The second-order valence-corrected chi connectivity index (χ2v) is 6.83. The fourth-order valence-electron chi connectivity index (χ4n) is 2.33. The molecule has 0 aliphatic carbocycles. The average molecular weight is 437 g/mol. The molecule has 6 nitrogen and oxygen atoms in total. The quantitative estimate of drug-likeness (QED) is 0.499. The smallest absolute Gasteiger partial charge is 0.229 e. The molecule has 0 radical (unpaired) electrons. The molecule has 2 heterocycles. The molecule has 0 aliphatic heterocycles. The lowest BCUT2D eigenvalue weighted by Gasteiger charge is -2.02. The molecule has 0 saturated heterocycles. The summed E-state index contributed by atoms with van der Waals surface area (Å²) in [5.74, 6) is 3.64. The lowest BCUT2D eigenvalue weighted by Crippen LogP contribution is -2.36. The van der Waals surface area contributed by atoms with Crippen LogP contribution in [0.25, 0.3) is 0 Å². The van der Waals surface area contributed by atoms with Crippen molar-refractivity contribution in [2.45, 2.75) is 88.7 Å². The highest BCUT2D eigenvalue weighted by atomic mass is 16.3. The first kappa shape index (κ1) is 33.2. The average Bonchev–Trinajstić information content (AvgIpc) is 3.34. The van der Waals surface area contributed by atoms with E-state index in [2.05, 4.69) is 0 Å². The van der Waals surface area contributed by atoms with Crippen LogP contribution >= 0.6 is 0 Å². The van der Waals surface area contributed by atoms with Gasteiger partial charge in [0.15, 0.2) is 0 Å². The van der Waals surface area contributed by atoms with E-state index >= 15 is 0 Å². The van der Waals surface area contributed by atoms with Crippen LogP contribution in [-0.4, -0.2) is 0 Å². The van der Waals surface area contributed by atoms with Crippen molar-refractivity contribution >= 4 is 0 Å². The lowest BCUT2D eigenvalue weighted by atomic mass is 10.1. The summed E-state index contributed by atoms with van der Waals surface area (Å²) < 4.78 is 10.6. The topological polar surface area (TPSA) is 112 Å². The zero-order valence-electron chi connectivity index (χ0n) is 17.7. The van der Waals surface area contributed by atoms with Gasteiger partial charge in [-0.3, -0.25) is 9.59 Å². The van der Waals surface area contributed by atoms with Crippen LogP contribution in [0.1, 0.15) is 95.2 Å². The third-order valence-electron chi connectivity index (χ3n) is 4.58. The Hall–Kier alpha value is -2.44. The van der Waals surface area contributed by atoms with Crippen molar-refractivity contribution in [1.29, 1.82) is 0 Å². The molecule has 1 aromatic carbocycles. The molecule has 31 heavy (non-hydrogen) atoms. The number of furan rings is 2. The molecule has 0 amide bonds. The van der Waals surface area contributed by atoms with Crippen molar-refractivity contribution in [1.82, 2.24) is 0 Å². The van der Waals surface area contributed by atoms with Gasteiger partial charge >= 0.3 is 0 Å². The molecule has 3 aromatic rings. The zero-order chi connectivity index (χ0) is 21.4. The van der Waals surface area contributed by atoms with E-state index < -0.39 is 0 Å². The molecule has 2 atom stereocenters. The Kier molecular flexibility index (Phi) is 16.5. The molecule has 178 valence electrons. The minimum absolute atomic E-state index is 0. The van der Waals surface area contributed by atoms with Gasteiger partial charge in [-0.15, -0.1) is 0 Å². The maximum Gasteiger partial charge on any atom is 0.229 e. The second kappa shape index (κ2) is 15.4. The summed E-state index contributed by atoms with van der Waals surface area (Å²) in [6.45, 7) is 11.3. The summed E-state index contributed by atoms with van der Waals surface area (Å²) in [5.41, 5.74) is 12.0. The Balaban J connectivity index is -0.000000364. The Morgan fingerprint density at radius 1 is 0.677 bits per heavy atom. The van der Waals surface area contributed by atoms with Crippen molar-refractivity contribution in [3.8, 4) is 0 Å². The van der Waals surface area contributed by atoms with Crippen LogP contribution in [0.5, 0.6) is 0 Å². The van der Waals surface area contributed by atoms with E-state index in [4.69, 9.17) is 20.3 Å². The summed E-state index contributed by atoms with van der Waals surface area (Å²) >= 11 is 0. The fraction of sp³-hybridized carbons (Fsp3) is 0.520. The summed E-state index contributed by atoms with van der Waals surface area (Å²) in [7, 11) is 0.